The standard InChI is InChI=1S/C18H35N7O2/c1-7-9-10-14(11-21-17(26)27-18(3,4)5)24-16(19-8-2)20-12-15-22-13-23-25(15)6/h13-14H,7-12H2,1-6H3,(H,21,26)(H2,19,20,24). The van der Waals surface area contributed by atoms with E-state index in [0.29, 0.717) is 19.0 Å². The fourth-order valence-corrected chi connectivity index (χ4v) is 2.32. The SMILES string of the molecule is CCCCC(CNC(=O)OC(C)(C)C)NC(=NCc1ncnn1C)NCC. The molecule has 0 aliphatic rings. The maximum atomic E-state index is 11.9. The third-order valence-corrected chi connectivity index (χ3v) is 3.67. The summed E-state index contributed by atoms with van der Waals surface area (Å²) in [6, 6.07) is 0.0507. The summed E-state index contributed by atoms with van der Waals surface area (Å²) in [6.45, 7) is 11.3. The largest absolute Gasteiger partial charge is 0.444 e. The topological polar surface area (TPSA) is 105 Å². The second-order valence-electron chi connectivity index (χ2n) is 7.36. The van der Waals surface area contributed by atoms with Crippen molar-refractivity contribution in [2.24, 2.45) is 12.0 Å². The average molecular weight is 382 g/mol. The number of alkyl carbamates (subject to hydrolysis) is 1. The van der Waals surface area contributed by atoms with Crippen molar-refractivity contribution < 1.29 is 9.53 Å². The average Bonchev–Trinajstić information content (AvgIpc) is 2.98. The normalized spacial score (nSPS) is 13.2. The van der Waals surface area contributed by atoms with E-state index in [4.69, 9.17) is 4.74 Å². The van der Waals surface area contributed by atoms with Crippen molar-refractivity contribution in [1.82, 2.24) is 30.7 Å². The van der Waals surface area contributed by atoms with Gasteiger partial charge in [0, 0.05) is 26.2 Å². The second kappa shape index (κ2) is 11.4. The molecule has 0 saturated carbocycles. The summed E-state index contributed by atoms with van der Waals surface area (Å²) in [6.07, 6.45) is 4.15. The number of hydrogen-bond donors (Lipinski definition) is 3. The molecule has 1 heterocycles. The second-order valence-corrected chi connectivity index (χ2v) is 7.36. The number of ether oxygens (including phenoxy) is 1. The molecule has 1 rings (SSSR count). The van der Waals surface area contributed by atoms with Gasteiger partial charge in [-0.2, -0.15) is 5.10 Å². The highest BCUT2D eigenvalue weighted by molar-refractivity contribution is 5.80. The summed E-state index contributed by atoms with van der Waals surface area (Å²) >= 11 is 0. The Kier molecular flexibility index (Phi) is 9.60. The Hall–Kier alpha value is -2.32. The number of aryl methyl sites for hydroxylation is 1. The van der Waals surface area contributed by atoms with E-state index in [9.17, 15) is 4.79 Å². The lowest BCUT2D eigenvalue weighted by molar-refractivity contribution is 0.0523. The maximum Gasteiger partial charge on any atom is 0.407 e. The molecule has 1 aromatic heterocycles. The van der Waals surface area contributed by atoms with Crippen LogP contribution in [0, 0.1) is 0 Å². The predicted molar refractivity (Wildman–Crippen MR) is 107 cm³/mol. The third kappa shape index (κ3) is 9.81. The molecule has 0 aliphatic carbocycles. The highest BCUT2D eigenvalue weighted by atomic mass is 16.6. The smallest absolute Gasteiger partial charge is 0.407 e. The van der Waals surface area contributed by atoms with Crippen LogP contribution in [0.15, 0.2) is 11.3 Å². The fourth-order valence-electron chi connectivity index (χ4n) is 2.32. The summed E-state index contributed by atoms with van der Waals surface area (Å²) < 4.78 is 7.01. The van der Waals surface area contributed by atoms with Crippen molar-refractivity contribution >= 4 is 12.1 Å². The molecule has 3 N–H and O–H groups in total. The summed E-state index contributed by atoms with van der Waals surface area (Å²) in [5, 5.41) is 13.5. The molecular weight excluding hydrogens is 346 g/mol. The minimum Gasteiger partial charge on any atom is -0.444 e. The van der Waals surface area contributed by atoms with E-state index in [0.717, 1.165) is 31.6 Å². The van der Waals surface area contributed by atoms with Crippen molar-refractivity contribution in [3.8, 4) is 0 Å². The lowest BCUT2D eigenvalue weighted by atomic mass is 10.1. The number of hydrogen-bond acceptors (Lipinski definition) is 5. The fraction of sp³-hybridized carbons (Fsp3) is 0.778. The summed E-state index contributed by atoms with van der Waals surface area (Å²) in [7, 11) is 1.84. The van der Waals surface area contributed by atoms with Crippen LogP contribution in [0.3, 0.4) is 0 Å². The molecule has 0 aromatic carbocycles. The molecule has 0 saturated heterocycles. The first-order chi connectivity index (χ1) is 12.7. The van der Waals surface area contributed by atoms with Crippen LogP contribution in [-0.2, 0) is 18.3 Å². The summed E-state index contributed by atoms with van der Waals surface area (Å²) in [5.41, 5.74) is -0.511. The number of nitrogens with one attached hydrogen (secondary N) is 3. The van der Waals surface area contributed by atoms with Crippen LogP contribution in [0.4, 0.5) is 4.79 Å². The van der Waals surface area contributed by atoms with Gasteiger partial charge >= 0.3 is 6.09 Å². The summed E-state index contributed by atoms with van der Waals surface area (Å²) in [4.78, 5) is 20.7. The van der Waals surface area contributed by atoms with Gasteiger partial charge in [-0.15, -0.1) is 0 Å². The van der Waals surface area contributed by atoms with E-state index in [1.807, 2.05) is 34.7 Å². The quantitative estimate of drug-likeness (QED) is 0.446. The van der Waals surface area contributed by atoms with Crippen molar-refractivity contribution in [1.29, 1.82) is 0 Å². The van der Waals surface area contributed by atoms with Gasteiger partial charge in [0.2, 0.25) is 0 Å². The summed E-state index contributed by atoms with van der Waals surface area (Å²) in [5.74, 6) is 1.47. The first-order valence-electron chi connectivity index (χ1n) is 9.59. The van der Waals surface area contributed by atoms with E-state index in [1.54, 1.807) is 4.68 Å². The van der Waals surface area contributed by atoms with Crippen LogP contribution < -0.4 is 16.0 Å². The Morgan fingerprint density at radius 3 is 2.63 bits per heavy atom. The first-order valence-corrected chi connectivity index (χ1v) is 9.59. The van der Waals surface area contributed by atoms with Gasteiger partial charge in [0.05, 0.1) is 0 Å². The first kappa shape index (κ1) is 22.7. The van der Waals surface area contributed by atoms with E-state index in [2.05, 4.69) is 37.9 Å². The zero-order valence-corrected chi connectivity index (χ0v) is 17.5. The number of aliphatic imine (C=N–C) groups is 1. The molecular formula is C18H35N7O2. The highest BCUT2D eigenvalue weighted by Crippen LogP contribution is 2.07. The van der Waals surface area contributed by atoms with Crippen molar-refractivity contribution in [3.63, 3.8) is 0 Å². The monoisotopic (exact) mass is 381 g/mol. The van der Waals surface area contributed by atoms with Crippen LogP contribution in [0.5, 0.6) is 0 Å². The van der Waals surface area contributed by atoms with E-state index in [1.165, 1.54) is 6.33 Å². The number of carbonyl (C=O) groups is 1. The van der Waals surface area contributed by atoms with Gasteiger partial charge in [-0.05, 0) is 34.1 Å². The molecule has 0 bridgehead atoms. The van der Waals surface area contributed by atoms with Crippen molar-refractivity contribution in [2.45, 2.75) is 72.1 Å². The van der Waals surface area contributed by atoms with Crippen LogP contribution >= 0.6 is 0 Å². The van der Waals surface area contributed by atoms with Gasteiger partial charge in [-0.3, -0.25) is 4.68 Å². The number of nitrogens with zero attached hydrogens (tertiary/aromatic N) is 4. The number of carbonyl (C=O) groups excluding carboxylic acids is 1. The molecule has 9 nitrogen and oxygen atoms in total. The van der Waals surface area contributed by atoms with Crippen LogP contribution in [0.25, 0.3) is 0 Å². The molecule has 0 radical (unpaired) electrons. The number of aromatic nitrogens is 3. The Bertz CT molecular complexity index is 593. The van der Waals surface area contributed by atoms with E-state index in [-0.39, 0.29) is 6.04 Å². The number of guanidine groups is 1. The molecule has 9 heteroatoms. The van der Waals surface area contributed by atoms with Crippen molar-refractivity contribution in [2.75, 3.05) is 13.1 Å². The molecule has 154 valence electrons. The van der Waals surface area contributed by atoms with Crippen LogP contribution in [0.2, 0.25) is 0 Å². The zero-order valence-electron chi connectivity index (χ0n) is 17.5. The Morgan fingerprint density at radius 2 is 2.07 bits per heavy atom. The minimum atomic E-state index is -0.511. The van der Waals surface area contributed by atoms with Gasteiger partial charge in [0.25, 0.3) is 0 Å². The van der Waals surface area contributed by atoms with Gasteiger partial charge < -0.3 is 20.7 Å². The number of amides is 1. The molecule has 1 aromatic rings. The molecule has 1 atom stereocenters. The zero-order chi connectivity index (χ0) is 20.3. The van der Waals surface area contributed by atoms with E-state index < -0.39 is 11.7 Å². The molecule has 1 amide bonds. The minimum absolute atomic E-state index is 0.0507. The third-order valence-electron chi connectivity index (χ3n) is 3.67. The van der Waals surface area contributed by atoms with Crippen molar-refractivity contribution in [3.05, 3.63) is 12.2 Å². The lowest BCUT2D eigenvalue weighted by Gasteiger charge is -2.24. The van der Waals surface area contributed by atoms with Gasteiger partial charge in [0.15, 0.2) is 5.96 Å². The molecule has 1 unspecified atom stereocenters. The van der Waals surface area contributed by atoms with Crippen LogP contribution in [-0.4, -0.2) is 51.5 Å². The number of rotatable bonds is 9. The molecule has 0 aliphatic heterocycles. The Morgan fingerprint density at radius 1 is 1.33 bits per heavy atom. The Labute approximate surface area is 162 Å². The predicted octanol–water partition coefficient (Wildman–Crippen LogP) is 1.95. The Balaban J connectivity index is 2.68. The van der Waals surface area contributed by atoms with E-state index >= 15 is 0 Å². The molecule has 27 heavy (non-hydrogen) atoms. The lowest BCUT2D eigenvalue weighted by Crippen LogP contribution is -2.49. The number of unbranched alkanes of at least 4 members (excludes halogenated alkanes) is 1. The van der Waals surface area contributed by atoms with Crippen LogP contribution in [0.1, 0.15) is 59.7 Å². The highest BCUT2D eigenvalue weighted by Gasteiger charge is 2.18. The van der Waals surface area contributed by atoms with Gasteiger partial charge in [0.1, 0.15) is 24.3 Å². The van der Waals surface area contributed by atoms with Gasteiger partial charge in [-0.25, -0.2) is 14.8 Å². The maximum absolute atomic E-state index is 11.9. The van der Waals surface area contributed by atoms with Gasteiger partial charge in [-0.1, -0.05) is 19.8 Å². The molecule has 0 fully saturated rings. The molecule has 0 spiro atoms.